The number of aromatic nitrogens is 1. The summed E-state index contributed by atoms with van der Waals surface area (Å²) in [6, 6.07) is 3.44. The Morgan fingerprint density at radius 3 is 3.00 bits per heavy atom. The van der Waals surface area contributed by atoms with E-state index in [1.165, 1.54) is 4.57 Å². The third-order valence-electron chi connectivity index (χ3n) is 4.58. The van der Waals surface area contributed by atoms with Crippen molar-refractivity contribution in [1.29, 1.82) is 0 Å². The third-order valence-corrected chi connectivity index (χ3v) is 4.58. The smallest absolute Gasteiger partial charge is 0.270 e. The van der Waals surface area contributed by atoms with Gasteiger partial charge in [-0.2, -0.15) is 0 Å². The summed E-state index contributed by atoms with van der Waals surface area (Å²) in [5, 5.41) is 3.34. The van der Waals surface area contributed by atoms with Crippen LogP contribution in [0, 0.1) is 11.8 Å². The largest absolute Gasteiger partial charge is 0.338 e. The number of amides is 1. The minimum Gasteiger partial charge on any atom is -0.338 e. The second-order valence-corrected chi connectivity index (χ2v) is 5.72. The average molecular weight is 283 g/mol. The second kappa shape index (κ2) is 5.16. The lowest BCUT2D eigenvalue weighted by molar-refractivity contribution is 0.0708. The number of rotatable bonds is 3. The fourth-order valence-corrected chi connectivity index (χ4v) is 3.50. The Bertz CT molecular complexity index is 502. The number of nitrogens with one attached hydrogen (secondary N) is 1. The van der Waals surface area contributed by atoms with Crippen molar-refractivity contribution in [3.05, 3.63) is 24.0 Å². The SMILES string of the molecule is CC1C2CNCC2CN1C(=O)c1cccn1CC(F)F. The third kappa shape index (κ3) is 2.22. The molecule has 0 bridgehead atoms. The van der Waals surface area contributed by atoms with Gasteiger partial charge < -0.3 is 14.8 Å². The van der Waals surface area contributed by atoms with Gasteiger partial charge in [-0.3, -0.25) is 4.79 Å². The van der Waals surface area contributed by atoms with Crippen LogP contribution < -0.4 is 5.32 Å². The van der Waals surface area contributed by atoms with Crippen molar-refractivity contribution in [2.75, 3.05) is 19.6 Å². The Hall–Kier alpha value is -1.43. The molecule has 1 amide bonds. The van der Waals surface area contributed by atoms with Crippen LogP contribution in [0.1, 0.15) is 17.4 Å². The molecule has 2 aliphatic rings. The molecule has 0 aromatic carbocycles. The molecule has 2 aliphatic heterocycles. The first-order chi connectivity index (χ1) is 9.58. The van der Waals surface area contributed by atoms with Gasteiger partial charge in [0, 0.05) is 31.9 Å². The number of fused-ring (bicyclic) bond motifs is 1. The van der Waals surface area contributed by atoms with Crippen molar-refractivity contribution in [1.82, 2.24) is 14.8 Å². The van der Waals surface area contributed by atoms with Crippen LogP contribution in [0.2, 0.25) is 0 Å². The quantitative estimate of drug-likeness (QED) is 0.911. The first-order valence-electron chi connectivity index (χ1n) is 7.03. The van der Waals surface area contributed by atoms with Gasteiger partial charge in [0.05, 0.1) is 6.54 Å². The van der Waals surface area contributed by atoms with Crippen LogP contribution in [0.15, 0.2) is 18.3 Å². The summed E-state index contributed by atoms with van der Waals surface area (Å²) in [5.41, 5.74) is 0.366. The van der Waals surface area contributed by atoms with Gasteiger partial charge in [-0.05, 0) is 30.9 Å². The lowest BCUT2D eigenvalue weighted by Gasteiger charge is -2.25. The zero-order valence-corrected chi connectivity index (χ0v) is 11.4. The molecular weight excluding hydrogens is 264 g/mol. The summed E-state index contributed by atoms with van der Waals surface area (Å²) in [7, 11) is 0. The fraction of sp³-hybridized carbons (Fsp3) is 0.643. The van der Waals surface area contributed by atoms with E-state index < -0.39 is 13.0 Å². The molecule has 0 aliphatic carbocycles. The van der Waals surface area contributed by atoms with Gasteiger partial charge >= 0.3 is 0 Å². The molecule has 6 heteroatoms. The molecule has 0 saturated carbocycles. The van der Waals surface area contributed by atoms with Gasteiger partial charge in [0.1, 0.15) is 5.69 Å². The fourth-order valence-electron chi connectivity index (χ4n) is 3.50. The molecule has 20 heavy (non-hydrogen) atoms. The van der Waals surface area contributed by atoms with Crippen molar-refractivity contribution < 1.29 is 13.6 Å². The number of nitrogens with zero attached hydrogens (tertiary/aromatic N) is 2. The van der Waals surface area contributed by atoms with Gasteiger partial charge in [0.2, 0.25) is 0 Å². The topological polar surface area (TPSA) is 37.3 Å². The van der Waals surface area contributed by atoms with E-state index in [0.29, 0.717) is 17.5 Å². The molecule has 3 atom stereocenters. The maximum atomic E-state index is 12.6. The first-order valence-corrected chi connectivity index (χ1v) is 7.03. The molecule has 2 fully saturated rings. The van der Waals surface area contributed by atoms with Crippen LogP contribution in [-0.2, 0) is 6.54 Å². The summed E-state index contributed by atoms with van der Waals surface area (Å²) in [4.78, 5) is 14.4. The number of hydrogen-bond acceptors (Lipinski definition) is 2. The van der Waals surface area contributed by atoms with Crippen LogP contribution in [0.3, 0.4) is 0 Å². The van der Waals surface area contributed by atoms with Gasteiger partial charge in [-0.15, -0.1) is 0 Å². The Labute approximate surface area is 116 Å². The maximum absolute atomic E-state index is 12.6. The molecule has 3 heterocycles. The normalized spacial score (nSPS) is 29.2. The Morgan fingerprint density at radius 1 is 1.50 bits per heavy atom. The second-order valence-electron chi connectivity index (χ2n) is 5.72. The Morgan fingerprint density at radius 2 is 2.30 bits per heavy atom. The van der Waals surface area contributed by atoms with Crippen molar-refractivity contribution in [2.45, 2.75) is 25.9 Å². The molecule has 4 nitrogen and oxygen atoms in total. The van der Waals surface area contributed by atoms with E-state index in [2.05, 4.69) is 12.2 Å². The molecule has 1 aromatic rings. The molecule has 0 radical (unpaired) electrons. The molecule has 2 saturated heterocycles. The lowest BCUT2D eigenvalue weighted by atomic mass is 9.95. The van der Waals surface area contributed by atoms with E-state index in [1.54, 1.807) is 18.3 Å². The highest BCUT2D eigenvalue weighted by Crippen LogP contribution is 2.33. The predicted octanol–water partition coefficient (Wildman–Crippen LogP) is 1.43. The minimum absolute atomic E-state index is 0.127. The lowest BCUT2D eigenvalue weighted by Crippen LogP contribution is -2.39. The van der Waals surface area contributed by atoms with Crippen molar-refractivity contribution in [3.63, 3.8) is 0 Å². The number of likely N-dealkylation sites (tertiary alicyclic amines) is 1. The van der Waals surface area contributed by atoms with Crippen molar-refractivity contribution >= 4 is 5.91 Å². The van der Waals surface area contributed by atoms with E-state index in [1.807, 2.05) is 4.90 Å². The van der Waals surface area contributed by atoms with E-state index in [9.17, 15) is 13.6 Å². The van der Waals surface area contributed by atoms with E-state index in [0.717, 1.165) is 19.6 Å². The highest BCUT2D eigenvalue weighted by Gasteiger charge is 2.44. The van der Waals surface area contributed by atoms with Crippen LogP contribution in [0.25, 0.3) is 0 Å². The van der Waals surface area contributed by atoms with E-state index in [-0.39, 0.29) is 11.9 Å². The van der Waals surface area contributed by atoms with E-state index >= 15 is 0 Å². The van der Waals surface area contributed by atoms with Crippen LogP contribution in [-0.4, -0.2) is 47.5 Å². The Kier molecular flexibility index (Phi) is 3.50. The van der Waals surface area contributed by atoms with E-state index in [4.69, 9.17) is 0 Å². The van der Waals surface area contributed by atoms with Gasteiger partial charge in [-0.25, -0.2) is 8.78 Å². The zero-order chi connectivity index (χ0) is 14.3. The molecule has 3 rings (SSSR count). The molecule has 110 valence electrons. The number of halogens is 2. The first kappa shape index (κ1) is 13.5. The van der Waals surface area contributed by atoms with Crippen LogP contribution in [0.5, 0.6) is 0 Å². The monoisotopic (exact) mass is 283 g/mol. The standard InChI is InChI=1S/C14H19F2N3O/c1-9-11-6-17-5-10(11)7-19(9)14(20)12-3-2-4-18(12)8-13(15)16/h2-4,9-11,13,17H,5-8H2,1H3. The van der Waals surface area contributed by atoms with Gasteiger partial charge in [-0.1, -0.05) is 0 Å². The summed E-state index contributed by atoms with van der Waals surface area (Å²) < 4.78 is 26.4. The number of hydrogen-bond donors (Lipinski definition) is 1. The summed E-state index contributed by atoms with van der Waals surface area (Å²) in [5.74, 6) is 0.850. The van der Waals surface area contributed by atoms with Gasteiger partial charge in [0.15, 0.2) is 0 Å². The Balaban J connectivity index is 1.78. The summed E-state index contributed by atoms with van der Waals surface area (Å²) in [6.45, 7) is 4.22. The zero-order valence-electron chi connectivity index (χ0n) is 11.4. The summed E-state index contributed by atoms with van der Waals surface area (Å²) in [6.07, 6.45) is -0.906. The maximum Gasteiger partial charge on any atom is 0.270 e. The summed E-state index contributed by atoms with van der Waals surface area (Å²) >= 11 is 0. The highest BCUT2D eigenvalue weighted by atomic mass is 19.3. The minimum atomic E-state index is -2.45. The van der Waals surface area contributed by atoms with Crippen LogP contribution in [0.4, 0.5) is 8.78 Å². The highest BCUT2D eigenvalue weighted by molar-refractivity contribution is 5.93. The molecular formula is C14H19F2N3O. The number of carbonyl (C=O) groups is 1. The average Bonchev–Trinajstić information content (AvgIpc) is 3.06. The van der Waals surface area contributed by atoms with Crippen molar-refractivity contribution in [3.8, 4) is 0 Å². The van der Waals surface area contributed by atoms with Gasteiger partial charge in [0.25, 0.3) is 12.3 Å². The molecule has 0 spiro atoms. The van der Waals surface area contributed by atoms with Crippen molar-refractivity contribution in [2.24, 2.45) is 11.8 Å². The predicted molar refractivity (Wildman–Crippen MR) is 70.8 cm³/mol. The number of carbonyl (C=O) groups excluding carboxylic acids is 1. The van der Waals surface area contributed by atoms with Crippen LogP contribution >= 0.6 is 0 Å². The molecule has 3 unspecified atom stereocenters. The molecule has 1 N–H and O–H groups in total. The molecule has 1 aromatic heterocycles. The number of alkyl halides is 2.